The van der Waals surface area contributed by atoms with E-state index >= 15 is 0 Å². The topological polar surface area (TPSA) is 72.1 Å². The first kappa shape index (κ1) is 19.4. The van der Waals surface area contributed by atoms with E-state index < -0.39 is 6.72 Å². The Morgan fingerprint density at radius 3 is 2.16 bits per heavy atom. The first-order chi connectivity index (χ1) is 8.41. The van der Waals surface area contributed by atoms with Crippen molar-refractivity contribution in [3.8, 4) is 5.88 Å². The monoisotopic (exact) mass is 367 g/mol. The van der Waals surface area contributed by atoms with Crippen LogP contribution < -0.4 is 4.52 Å². The molecule has 5 nitrogen and oxygen atoms in total. The highest BCUT2D eigenvalue weighted by molar-refractivity contribution is 8.07. The minimum absolute atomic E-state index is 0. The zero-order valence-corrected chi connectivity index (χ0v) is 14.1. The molecule has 1 rings (SSSR count). The molecule has 10 heteroatoms. The Morgan fingerprint density at radius 1 is 1.16 bits per heavy atom. The predicted molar refractivity (Wildman–Crippen MR) is 81.0 cm³/mol. The summed E-state index contributed by atoms with van der Waals surface area (Å²) in [6.07, 6.45) is 0. The van der Waals surface area contributed by atoms with Gasteiger partial charge in [0.25, 0.3) is 0 Å². The van der Waals surface area contributed by atoms with Crippen LogP contribution in [0.2, 0.25) is 15.2 Å². The Balaban J connectivity index is 0.00000324. The summed E-state index contributed by atoms with van der Waals surface area (Å²) in [7, 11) is 0. The van der Waals surface area contributed by atoms with E-state index in [2.05, 4.69) is 4.98 Å². The lowest BCUT2D eigenvalue weighted by atomic mass is 10.5. The van der Waals surface area contributed by atoms with Gasteiger partial charge in [0, 0.05) is 11.8 Å². The summed E-state index contributed by atoms with van der Waals surface area (Å²) in [6.45, 7) is 1.37. The molecule has 1 heterocycles. The minimum Gasteiger partial charge on any atom is -0.412 e. The van der Waals surface area contributed by atoms with Crippen molar-refractivity contribution in [2.24, 2.45) is 0 Å². The van der Waals surface area contributed by atoms with Gasteiger partial charge in [-0.05, 0) is 19.9 Å². The van der Waals surface area contributed by atoms with Crippen LogP contribution >= 0.6 is 41.5 Å². The first-order valence-corrected chi connectivity index (χ1v) is 8.71. The molecule has 1 aromatic heterocycles. The van der Waals surface area contributed by atoms with Crippen LogP contribution in [0, 0.1) is 0 Å². The maximum atomic E-state index is 5.94. The van der Waals surface area contributed by atoms with E-state index in [9.17, 15) is 0 Å². The fourth-order valence-corrected chi connectivity index (χ4v) is 3.59. The molecule has 0 aromatic carbocycles. The second-order valence-corrected chi connectivity index (χ2v) is 7.03. The SMILES string of the molecule is CCOP(=S)(OCC)Oc1nc(Cl)c(Cl)cc1Cl.O. The molecule has 0 aliphatic carbocycles. The Morgan fingerprint density at radius 2 is 1.68 bits per heavy atom. The van der Waals surface area contributed by atoms with Crippen molar-refractivity contribution < 1.29 is 19.0 Å². The highest BCUT2D eigenvalue weighted by Gasteiger charge is 2.24. The van der Waals surface area contributed by atoms with E-state index in [4.69, 9.17) is 60.2 Å². The quantitative estimate of drug-likeness (QED) is 0.562. The van der Waals surface area contributed by atoms with E-state index in [1.54, 1.807) is 13.8 Å². The standard InChI is InChI=1S/C9H11Cl3NO3PS.H2O/c1-3-14-17(18,15-4-2)16-9-7(11)5-6(10)8(12)13-9;/h5H,3-4H2,1-2H3;1H2. The first-order valence-electron chi connectivity index (χ1n) is 5.02. The fraction of sp³-hybridized carbons (Fsp3) is 0.444. The number of nitrogens with zero attached hydrogens (tertiary/aromatic N) is 1. The summed E-state index contributed by atoms with van der Waals surface area (Å²) in [5.41, 5.74) is 0. The smallest absolute Gasteiger partial charge is 0.381 e. The van der Waals surface area contributed by atoms with E-state index in [1.807, 2.05) is 0 Å². The average Bonchev–Trinajstić information content (AvgIpc) is 2.26. The van der Waals surface area contributed by atoms with Crippen LogP contribution in [-0.2, 0) is 20.9 Å². The van der Waals surface area contributed by atoms with Gasteiger partial charge in [0.1, 0.15) is 5.02 Å². The molecule has 19 heavy (non-hydrogen) atoms. The maximum Gasteiger partial charge on any atom is 0.381 e. The van der Waals surface area contributed by atoms with E-state index in [0.29, 0.717) is 13.2 Å². The van der Waals surface area contributed by atoms with Gasteiger partial charge < -0.3 is 10.00 Å². The highest BCUT2D eigenvalue weighted by atomic mass is 35.5. The Bertz CT molecular complexity index is 467. The van der Waals surface area contributed by atoms with Crippen molar-refractivity contribution in [3.63, 3.8) is 0 Å². The van der Waals surface area contributed by atoms with Gasteiger partial charge in [-0.1, -0.05) is 34.8 Å². The summed E-state index contributed by atoms with van der Waals surface area (Å²) < 4.78 is 16.1. The van der Waals surface area contributed by atoms with Gasteiger partial charge in [0.15, 0.2) is 5.15 Å². The van der Waals surface area contributed by atoms with E-state index in [-0.39, 0.29) is 26.6 Å². The third-order valence-corrected chi connectivity index (χ3v) is 4.97. The normalized spacial score (nSPS) is 11.0. The molecule has 1 aromatic rings. The largest absolute Gasteiger partial charge is 0.412 e. The summed E-state index contributed by atoms with van der Waals surface area (Å²) >= 11 is 22.7. The molecular weight excluding hydrogens is 356 g/mol. The van der Waals surface area contributed by atoms with Gasteiger partial charge in [-0.15, -0.1) is 0 Å². The number of hydrogen-bond acceptors (Lipinski definition) is 5. The summed E-state index contributed by atoms with van der Waals surface area (Å²) in [6, 6.07) is 1.42. The Hall–Kier alpha value is 0.350. The fourth-order valence-electron chi connectivity index (χ4n) is 1.00. The third kappa shape index (κ3) is 5.69. The molecule has 0 atom stereocenters. The molecule has 2 N–H and O–H groups in total. The van der Waals surface area contributed by atoms with Crippen LogP contribution in [0.4, 0.5) is 0 Å². The Labute approximate surface area is 131 Å². The molecule has 0 saturated heterocycles. The molecule has 0 bridgehead atoms. The highest BCUT2D eigenvalue weighted by Crippen LogP contribution is 2.51. The van der Waals surface area contributed by atoms with Crippen LogP contribution in [0.15, 0.2) is 6.07 Å². The molecule has 0 spiro atoms. The number of hydrogen-bond donors (Lipinski definition) is 0. The van der Waals surface area contributed by atoms with Gasteiger partial charge in [-0.25, -0.2) is 0 Å². The molecular formula is C9H13Cl3NO4PS. The van der Waals surface area contributed by atoms with Crippen LogP contribution in [-0.4, -0.2) is 23.7 Å². The van der Waals surface area contributed by atoms with Crippen molar-refractivity contribution >= 4 is 53.3 Å². The zero-order valence-electron chi connectivity index (χ0n) is 10.2. The van der Waals surface area contributed by atoms with Crippen molar-refractivity contribution in [2.45, 2.75) is 13.8 Å². The summed E-state index contributed by atoms with van der Waals surface area (Å²) in [5, 5.41) is 0.499. The second-order valence-electron chi connectivity index (χ2n) is 2.92. The lowest BCUT2D eigenvalue weighted by molar-refractivity contribution is 0.216. The predicted octanol–water partition coefficient (Wildman–Crippen LogP) is 3.89. The van der Waals surface area contributed by atoms with E-state index in [1.165, 1.54) is 6.07 Å². The van der Waals surface area contributed by atoms with Crippen LogP contribution in [0.25, 0.3) is 0 Å². The number of rotatable bonds is 6. The van der Waals surface area contributed by atoms with Crippen molar-refractivity contribution in [3.05, 3.63) is 21.3 Å². The zero-order chi connectivity index (χ0) is 13.8. The van der Waals surface area contributed by atoms with Gasteiger partial charge >= 0.3 is 6.72 Å². The molecule has 0 unspecified atom stereocenters. The summed E-state index contributed by atoms with van der Waals surface area (Å²) in [5.74, 6) is 0.0521. The Kier molecular flexibility index (Phi) is 8.75. The minimum atomic E-state index is -2.92. The lowest BCUT2D eigenvalue weighted by Gasteiger charge is -2.20. The lowest BCUT2D eigenvalue weighted by Crippen LogP contribution is -2.03. The number of aromatic nitrogens is 1. The van der Waals surface area contributed by atoms with Gasteiger partial charge in [-0.2, -0.15) is 4.98 Å². The summed E-state index contributed by atoms with van der Waals surface area (Å²) in [4.78, 5) is 3.90. The van der Waals surface area contributed by atoms with E-state index in [0.717, 1.165) is 0 Å². The van der Waals surface area contributed by atoms with Crippen molar-refractivity contribution in [1.29, 1.82) is 0 Å². The van der Waals surface area contributed by atoms with Crippen LogP contribution in [0.3, 0.4) is 0 Å². The number of halogens is 3. The molecule has 0 saturated carbocycles. The van der Waals surface area contributed by atoms with Crippen molar-refractivity contribution in [2.75, 3.05) is 13.2 Å². The number of pyridine rings is 1. The van der Waals surface area contributed by atoms with Crippen molar-refractivity contribution in [1.82, 2.24) is 4.98 Å². The maximum absolute atomic E-state index is 5.94. The molecule has 110 valence electrons. The molecule has 0 fully saturated rings. The molecule has 0 aliphatic rings. The molecule has 0 radical (unpaired) electrons. The van der Waals surface area contributed by atoms with Crippen LogP contribution in [0.5, 0.6) is 5.88 Å². The third-order valence-electron chi connectivity index (χ3n) is 1.63. The van der Waals surface area contributed by atoms with Gasteiger partial charge in [-0.3, -0.25) is 9.05 Å². The van der Waals surface area contributed by atoms with Gasteiger partial charge in [0.2, 0.25) is 5.88 Å². The molecule has 0 amide bonds. The second kappa shape index (κ2) is 8.60. The molecule has 0 aliphatic heterocycles. The van der Waals surface area contributed by atoms with Crippen LogP contribution in [0.1, 0.15) is 13.8 Å². The average molecular weight is 369 g/mol. The van der Waals surface area contributed by atoms with Gasteiger partial charge in [0.05, 0.1) is 18.2 Å².